The maximum absolute atomic E-state index is 12.4. The van der Waals surface area contributed by atoms with Crippen LogP contribution in [0.1, 0.15) is 10.4 Å². The van der Waals surface area contributed by atoms with Gasteiger partial charge in [0.1, 0.15) is 11.5 Å². The van der Waals surface area contributed by atoms with Crippen LogP contribution >= 0.6 is 0 Å². The Morgan fingerprint density at radius 2 is 2.11 bits per heavy atom. The van der Waals surface area contributed by atoms with Gasteiger partial charge in [-0.3, -0.25) is 4.79 Å². The van der Waals surface area contributed by atoms with Gasteiger partial charge in [-0.1, -0.05) is 0 Å². The van der Waals surface area contributed by atoms with Crippen LogP contribution in [-0.2, 0) is 4.74 Å². The predicted octanol–water partition coefficient (Wildman–Crippen LogP) is 1.45. The lowest BCUT2D eigenvalue weighted by Crippen LogP contribution is -2.37. The van der Waals surface area contributed by atoms with Crippen molar-refractivity contribution >= 4 is 5.91 Å². The van der Waals surface area contributed by atoms with E-state index in [1.54, 1.807) is 0 Å². The molecule has 0 aliphatic heterocycles. The summed E-state index contributed by atoms with van der Waals surface area (Å²) in [6.45, 7) is -0.653. The Balaban J connectivity index is 2.90. The number of hydrogen-bond donors (Lipinski definition) is 2. The van der Waals surface area contributed by atoms with Gasteiger partial charge >= 0.3 is 0 Å². The summed E-state index contributed by atoms with van der Waals surface area (Å²) in [5.74, 6) is -1.41. The Labute approximate surface area is 109 Å². The SMILES string of the molecule is COCCN(CC(F)F)C(=O)c1ccc(O)cc1O. The van der Waals surface area contributed by atoms with Crippen molar-refractivity contribution in [1.29, 1.82) is 0 Å². The van der Waals surface area contributed by atoms with E-state index in [1.807, 2.05) is 0 Å². The first-order chi connectivity index (χ1) is 8.95. The van der Waals surface area contributed by atoms with Crippen LogP contribution in [0.25, 0.3) is 0 Å². The van der Waals surface area contributed by atoms with Crippen molar-refractivity contribution in [3.63, 3.8) is 0 Å². The highest BCUT2D eigenvalue weighted by atomic mass is 19.3. The molecule has 0 bridgehead atoms. The van der Waals surface area contributed by atoms with Crippen LogP contribution in [0.15, 0.2) is 18.2 Å². The molecule has 1 aromatic rings. The number of benzene rings is 1. The number of hydrogen-bond acceptors (Lipinski definition) is 4. The maximum Gasteiger partial charge on any atom is 0.257 e. The molecule has 0 aliphatic rings. The van der Waals surface area contributed by atoms with Gasteiger partial charge in [0.25, 0.3) is 12.3 Å². The van der Waals surface area contributed by atoms with Gasteiger partial charge in [0.2, 0.25) is 0 Å². The van der Waals surface area contributed by atoms with Gasteiger partial charge in [-0.25, -0.2) is 8.78 Å². The number of carbonyl (C=O) groups is 1. The number of rotatable bonds is 6. The summed E-state index contributed by atoms with van der Waals surface area (Å²) in [6.07, 6.45) is -2.68. The summed E-state index contributed by atoms with van der Waals surface area (Å²) in [7, 11) is 1.39. The molecule has 1 aromatic carbocycles. The van der Waals surface area contributed by atoms with Crippen molar-refractivity contribution < 1.29 is 28.5 Å². The minimum atomic E-state index is -2.68. The van der Waals surface area contributed by atoms with E-state index < -0.39 is 24.6 Å². The molecule has 0 radical (unpaired) electrons. The molecule has 19 heavy (non-hydrogen) atoms. The average Bonchev–Trinajstić information content (AvgIpc) is 2.33. The summed E-state index contributed by atoms with van der Waals surface area (Å²) in [5.41, 5.74) is -0.144. The third kappa shape index (κ3) is 4.36. The Morgan fingerprint density at radius 3 is 2.63 bits per heavy atom. The number of methoxy groups -OCH3 is 1. The van der Waals surface area contributed by atoms with E-state index in [0.29, 0.717) is 0 Å². The molecule has 2 N–H and O–H groups in total. The Morgan fingerprint density at radius 1 is 1.42 bits per heavy atom. The highest BCUT2D eigenvalue weighted by Crippen LogP contribution is 2.24. The molecule has 5 nitrogen and oxygen atoms in total. The molecule has 0 aromatic heterocycles. The third-order valence-corrected chi connectivity index (χ3v) is 2.42. The molecule has 0 saturated carbocycles. The zero-order chi connectivity index (χ0) is 14.4. The number of halogens is 2. The summed E-state index contributed by atoms with van der Waals surface area (Å²) in [4.78, 5) is 12.9. The number of phenols is 2. The van der Waals surface area contributed by atoms with Gasteiger partial charge in [0, 0.05) is 19.7 Å². The Kier molecular flexibility index (Phi) is 5.50. The third-order valence-electron chi connectivity index (χ3n) is 2.42. The second-order valence-corrected chi connectivity index (χ2v) is 3.84. The number of aromatic hydroxyl groups is 2. The highest BCUT2D eigenvalue weighted by Gasteiger charge is 2.22. The zero-order valence-electron chi connectivity index (χ0n) is 10.3. The molecule has 106 valence electrons. The fraction of sp³-hybridized carbons (Fsp3) is 0.417. The number of carbonyl (C=O) groups excluding carboxylic acids is 1. The van der Waals surface area contributed by atoms with Crippen LogP contribution in [-0.4, -0.2) is 54.3 Å². The van der Waals surface area contributed by atoms with E-state index in [1.165, 1.54) is 19.2 Å². The largest absolute Gasteiger partial charge is 0.508 e. The molecule has 0 heterocycles. The monoisotopic (exact) mass is 275 g/mol. The van der Waals surface area contributed by atoms with Gasteiger partial charge in [-0.05, 0) is 12.1 Å². The smallest absolute Gasteiger partial charge is 0.257 e. The maximum atomic E-state index is 12.4. The van der Waals surface area contributed by atoms with Gasteiger partial charge in [-0.15, -0.1) is 0 Å². The summed E-state index contributed by atoms with van der Waals surface area (Å²) in [6, 6.07) is 3.35. The fourth-order valence-corrected chi connectivity index (χ4v) is 1.52. The van der Waals surface area contributed by atoms with Crippen LogP contribution in [0.3, 0.4) is 0 Å². The molecule has 0 atom stereocenters. The van der Waals surface area contributed by atoms with E-state index in [9.17, 15) is 18.7 Å². The first-order valence-electron chi connectivity index (χ1n) is 5.54. The summed E-state index contributed by atoms with van der Waals surface area (Å²) in [5, 5.41) is 18.7. The van der Waals surface area contributed by atoms with Gasteiger partial charge in [-0.2, -0.15) is 0 Å². The van der Waals surface area contributed by atoms with Gasteiger partial charge in [0.05, 0.1) is 18.7 Å². The van der Waals surface area contributed by atoms with Crippen LogP contribution in [0.2, 0.25) is 0 Å². The van der Waals surface area contributed by atoms with Crippen LogP contribution in [0.5, 0.6) is 11.5 Å². The predicted molar refractivity (Wildman–Crippen MR) is 63.6 cm³/mol. The second kappa shape index (κ2) is 6.89. The normalized spacial score (nSPS) is 10.7. The van der Waals surface area contributed by atoms with Crippen molar-refractivity contribution in [2.75, 3.05) is 26.8 Å². The molecule has 1 amide bonds. The number of nitrogens with zero attached hydrogens (tertiary/aromatic N) is 1. The number of amides is 1. The van der Waals surface area contributed by atoms with Crippen molar-refractivity contribution in [2.45, 2.75) is 6.43 Å². The zero-order valence-corrected chi connectivity index (χ0v) is 10.3. The number of ether oxygens (including phenoxy) is 1. The van der Waals surface area contributed by atoms with Crippen molar-refractivity contribution in [3.05, 3.63) is 23.8 Å². The second-order valence-electron chi connectivity index (χ2n) is 3.84. The van der Waals surface area contributed by atoms with Crippen LogP contribution < -0.4 is 0 Å². The van der Waals surface area contributed by atoms with Gasteiger partial charge < -0.3 is 19.8 Å². The lowest BCUT2D eigenvalue weighted by molar-refractivity contribution is 0.0475. The van der Waals surface area contributed by atoms with Crippen molar-refractivity contribution in [2.24, 2.45) is 0 Å². The molecule has 1 rings (SSSR count). The van der Waals surface area contributed by atoms with E-state index >= 15 is 0 Å². The number of phenolic OH excluding ortho intramolecular Hbond substituents is 2. The summed E-state index contributed by atoms with van der Waals surface area (Å²) < 4.78 is 29.6. The molecule has 0 fully saturated rings. The minimum Gasteiger partial charge on any atom is -0.508 e. The van der Waals surface area contributed by atoms with Crippen LogP contribution in [0, 0.1) is 0 Å². The molecular weight excluding hydrogens is 260 g/mol. The lowest BCUT2D eigenvalue weighted by Gasteiger charge is -2.22. The quantitative estimate of drug-likeness (QED) is 0.824. The van der Waals surface area contributed by atoms with E-state index in [-0.39, 0.29) is 24.5 Å². The van der Waals surface area contributed by atoms with E-state index in [2.05, 4.69) is 0 Å². The molecule has 0 aliphatic carbocycles. The van der Waals surface area contributed by atoms with Crippen molar-refractivity contribution in [3.8, 4) is 11.5 Å². The topological polar surface area (TPSA) is 70.0 Å². The molecule has 0 spiro atoms. The van der Waals surface area contributed by atoms with Gasteiger partial charge in [0.15, 0.2) is 0 Å². The average molecular weight is 275 g/mol. The lowest BCUT2D eigenvalue weighted by atomic mass is 10.1. The molecule has 0 saturated heterocycles. The fourth-order valence-electron chi connectivity index (χ4n) is 1.52. The molecule has 7 heteroatoms. The Hall–Kier alpha value is -1.89. The standard InChI is InChI=1S/C12H15F2NO4/c1-19-5-4-15(7-11(13)14)12(18)9-3-2-8(16)6-10(9)17/h2-3,6,11,16-17H,4-5,7H2,1H3. The molecular formula is C12H15F2NO4. The van der Waals surface area contributed by atoms with Crippen LogP contribution in [0.4, 0.5) is 8.78 Å². The van der Waals surface area contributed by atoms with Crippen molar-refractivity contribution in [1.82, 2.24) is 4.90 Å². The number of alkyl halides is 2. The first-order valence-corrected chi connectivity index (χ1v) is 5.54. The Bertz CT molecular complexity index is 440. The van der Waals surface area contributed by atoms with E-state index in [4.69, 9.17) is 9.84 Å². The van der Waals surface area contributed by atoms with E-state index in [0.717, 1.165) is 11.0 Å². The first kappa shape index (κ1) is 15.2. The minimum absolute atomic E-state index is 0.0139. The molecule has 0 unspecified atom stereocenters. The summed E-state index contributed by atoms with van der Waals surface area (Å²) >= 11 is 0. The highest BCUT2D eigenvalue weighted by molar-refractivity contribution is 5.97.